The van der Waals surface area contributed by atoms with Gasteiger partial charge in [-0.05, 0) is 48.5 Å². The molecule has 190 valence electrons. The van der Waals surface area contributed by atoms with E-state index in [0.717, 1.165) is 46.6 Å². The highest BCUT2D eigenvalue weighted by atomic mass is 15.1. The highest BCUT2D eigenvalue weighted by Gasteiger charge is 2.19. The van der Waals surface area contributed by atoms with E-state index in [2.05, 4.69) is 91.9 Å². The van der Waals surface area contributed by atoms with Gasteiger partial charge in [-0.1, -0.05) is 36.4 Å². The van der Waals surface area contributed by atoms with Crippen molar-refractivity contribution in [2.24, 2.45) is 0 Å². The second kappa shape index (κ2) is 9.13. The number of hydrogen-bond acceptors (Lipinski definition) is 4. The van der Waals surface area contributed by atoms with Crippen LogP contribution in [0, 0.1) is 0 Å². The number of aryl methyl sites for hydroxylation is 2. The van der Waals surface area contributed by atoms with E-state index in [1.165, 1.54) is 32.6 Å². The van der Waals surface area contributed by atoms with Crippen LogP contribution in [-0.4, -0.2) is 29.1 Å². The third kappa shape index (κ3) is 3.43. The summed E-state index contributed by atoms with van der Waals surface area (Å²) >= 11 is 0. The zero-order chi connectivity index (χ0) is 26.5. The molecular formula is C34H24N6. The lowest BCUT2D eigenvalue weighted by atomic mass is 10.1. The van der Waals surface area contributed by atoms with Crippen LogP contribution in [0.2, 0.25) is 0 Å². The number of benzene rings is 2. The van der Waals surface area contributed by atoms with Crippen LogP contribution in [-0.2, 0) is 13.1 Å². The van der Waals surface area contributed by atoms with Gasteiger partial charge in [-0.3, -0.25) is 19.9 Å². The molecule has 0 fully saturated rings. The van der Waals surface area contributed by atoms with Gasteiger partial charge in [0.1, 0.15) is 0 Å². The number of para-hydroxylation sites is 2. The molecule has 8 aromatic rings. The molecule has 0 unspecified atom stereocenters. The molecule has 0 aliphatic carbocycles. The fourth-order valence-electron chi connectivity index (χ4n) is 6.10. The molecule has 0 spiro atoms. The molecule has 0 N–H and O–H groups in total. The first-order chi connectivity index (χ1) is 19.9. The Hall–Kier alpha value is -5.36. The van der Waals surface area contributed by atoms with Crippen molar-refractivity contribution in [1.82, 2.24) is 29.1 Å². The lowest BCUT2D eigenvalue weighted by Crippen LogP contribution is -2.08. The monoisotopic (exact) mass is 516 g/mol. The Labute approximate surface area is 230 Å². The Morgan fingerprint density at radius 1 is 0.450 bits per heavy atom. The van der Waals surface area contributed by atoms with E-state index in [0.29, 0.717) is 0 Å². The highest BCUT2D eigenvalue weighted by molar-refractivity contribution is 6.13. The number of nitrogens with zero attached hydrogens (tertiary/aromatic N) is 6. The maximum absolute atomic E-state index is 4.85. The van der Waals surface area contributed by atoms with Crippen molar-refractivity contribution in [1.29, 1.82) is 0 Å². The summed E-state index contributed by atoms with van der Waals surface area (Å²) in [6.45, 7) is 1.52. The van der Waals surface area contributed by atoms with E-state index in [9.17, 15) is 0 Å². The molecule has 40 heavy (non-hydrogen) atoms. The number of hydrogen-bond donors (Lipinski definition) is 0. The first-order valence-electron chi connectivity index (χ1n) is 13.4. The molecule has 0 aliphatic heterocycles. The SMILES string of the molecule is c1cncc(-c2nccc3c4ccccc4n(CCn4c5ccccc5c5ccnc(-c6cccnc6)c54)c23)c1. The molecule has 2 aromatic carbocycles. The van der Waals surface area contributed by atoms with Crippen molar-refractivity contribution >= 4 is 43.6 Å². The topological polar surface area (TPSA) is 61.4 Å². The van der Waals surface area contributed by atoms with Gasteiger partial charge in [0.05, 0.1) is 22.4 Å². The van der Waals surface area contributed by atoms with E-state index in [1.54, 1.807) is 12.4 Å². The highest BCUT2D eigenvalue weighted by Crippen LogP contribution is 2.37. The molecule has 6 heteroatoms. The summed E-state index contributed by atoms with van der Waals surface area (Å²) in [6, 6.07) is 29.6. The molecule has 6 nitrogen and oxygen atoms in total. The largest absolute Gasteiger partial charge is 0.337 e. The van der Waals surface area contributed by atoms with E-state index in [4.69, 9.17) is 9.97 Å². The third-order valence-electron chi connectivity index (χ3n) is 7.78. The van der Waals surface area contributed by atoms with Gasteiger partial charge in [0.15, 0.2) is 0 Å². The van der Waals surface area contributed by atoms with Crippen molar-refractivity contribution in [3.8, 4) is 22.5 Å². The van der Waals surface area contributed by atoms with Gasteiger partial charge in [0, 0.05) is 94.0 Å². The van der Waals surface area contributed by atoms with E-state index < -0.39 is 0 Å². The van der Waals surface area contributed by atoms with Crippen LogP contribution in [0.5, 0.6) is 0 Å². The minimum atomic E-state index is 0.762. The molecule has 6 aromatic heterocycles. The fourth-order valence-corrected chi connectivity index (χ4v) is 6.10. The smallest absolute Gasteiger partial charge is 0.0960 e. The first-order valence-corrected chi connectivity index (χ1v) is 13.4. The molecule has 0 radical (unpaired) electrons. The van der Waals surface area contributed by atoms with Crippen LogP contribution >= 0.6 is 0 Å². The second-order valence-corrected chi connectivity index (χ2v) is 9.93. The minimum Gasteiger partial charge on any atom is -0.337 e. The summed E-state index contributed by atoms with van der Waals surface area (Å²) in [5, 5.41) is 4.85. The van der Waals surface area contributed by atoms with Crippen LogP contribution in [0.4, 0.5) is 0 Å². The molecule has 0 amide bonds. The van der Waals surface area contributed by atoms with Gasteiger partial charge >= 0.3 is 0 Å². The normalized spacial score (nSPS) is 11.7. The van der Waals surface area contributed by atoms with Crippen molar-refractivity contribution in [3.05, 3.63) is 122 Å². The zero-order valence-corrected chi connectivity index (χ0v) is 21.6. The number of pyridine rings is 4. The average molecular weight is 517 g/mol. The average Bonchev–Trinajstić information content (AvgIpc) is 3.53. The predicted molar refractivity (Wildman–Crippen MR) is 161 cm³/mol. The third-order valence-corrected chi connectivity index (χ3v) is 7.78. The van der Waals surface area contributed by atoms with Crippen LogP contribution in [0.15, 0.2) is 122 Å². The van der Waals surface area contributed by atoms with Crippen molar-refractivity contribution < 1.29 is 0 Å². The summed E-state index contributed by atoms with van der Waals surface area (Å²) in [6.07, 6.45) is 11.2. The quantitative estimate of drug-likeness (QED) is 0.237. The summed E-state index contributed by atoms with van der Waals surface area (Å²) in [5.74, 6) is 0. The molecule has 0 atom stereocenters. The number of fused-ring (bicyclic) bond motifs is 6. The summed E-state index contributed by atoms with van der Waals surface area (Å²) in [4.78, 5) is 18.5. The molecule has 6 heterocycles. The summed E-state index contributed by atoms with van der Waals surface area (Å²) in [5.41, 5.74) is 8.56. The molecule has 8 rings (SSSR count). The Kier molecular flexibility index (Phi) is 5.16. The van der Waals surface area contributed by atoms with Crippen molar-refractivity contribution in [2.45, 2.75) is 13.1 Å². The van der Waals surface area contributed by atoms with E-state index >= 15 is 0 Å². The summed E-state index contributed by atoms with van der Waals surface area (Å²) < 4.78 is 4.83. The molecule has 0 bridgehead atoms. The van der Waals surface area contributed by atoms with Gasteiger partial charge in [-0.15, -0.1) is 0 Å². The number of aromatic nitrogens is 6. The maximum atomic E-state index is 4.85. The standard InChI is InChI=1S/C34H24N6/c1-3-11-29-25(9-1)27-13-17-37-31(23-7-5-15-35-21-23)33(27)39(29)19-20-40-30-12-4-2-10-26(30)28-14-18-38-32(34(28)40)24-8-6-16-36-22-24/h1-18,21-22H,19-20H2. The van der Waals surface area contributed by atoms with Crippen LogP contribution in [0.25, 0.3) is 66.1 Å². The second-order valence-electron chi connectivity index (χ2n) is 9.93. The number of rotatable bonds is 5. The van der Waals surface area contributed by atoms with Gasteiger partial charge in [-0.25, -0.2) is 0 Å². The van der Waals surface area contributed by atoms with Crippen LogP contribution in [0.1, 0.15) is 0 Å². The lowest BCUT2D eigenvalue weighted by molar-refractivity contribution is 0.631. The van der Waals surface area contributed by atoms with Gasteiger partial charge < -0.3 is 9.13 Å². The molecule has 0 aliphatic rings. The fraction of sp³-hybridized carbons (Fsp3) is 0.0588. The van der Waals surface area contributed by atoms with Crippen LogP contribution < -0.4 is 0 Å². The van der Waals surface area contributed by atoms with Gasteiger partial charge in [-0.2, -0.15) is 0 Å². The minimum absolute atomic E-state index is 0.762. The predicted octanol–water partition coefficient (Wildman–Crippen LogP) is 7.52. The van der Waals surface area contributed by atoms with Crippen molar-refractivity contribution in [3.63, 3.8) is 0 Å². The van der Waals surface area contributed by atoms with E-state index in [1.807, 2.05) is 36.9 Å². The van der Waals surface area contributed by atoms with Gasteiger partial charge in [0.25, 0.3) is 0 Å². The van der Waals surface area contributed by atoms with E-state index in [-0.39, 0.29) is 0 Å². The molecule has 0 saturated carbocycles. The lowest BCUT2D eigenvalue weighted by Gasteiger charge is -2.14. The maximum Gasteiger partial charge on any atom is 0.0960 e. The van der Waals surface area contributed by atoms with Crippen molar-refractivity contribution in [2.75, 3.05) is 0 Å². The Morgan fingerprint density at radius 2 is 0.925 bits per heavy atom. The summed E-state index contributed by atoms with van der Waals surface area (Å²) in [7, 11) is 0. The Bertz CT molecular complexity index is 2000. The Morgan fingerprint density at radius 3 is 1.38 bits per heavy atom. The van der Waals surface area contributed by atoms with Crippen LogP contribution in [0.3, 0.4) is 0 Å². The zero-order valence-electron chi connectivity index (χ0n) is 21.6. The first kappa shape index (κ1) is 22.6. The molecular weight excluding hydrogens is 492 g/mol. The molecule has 0 saturated heterocycles. The van der Waals surface area contributed by atoms with Gasteiger partial charge in [0.2, 0.25) is 0 Å². The Balaban J connectivity index is 1.36.